The number of nitrogens with one attached hydrogen (secondary N) is 2. The Bertz CT molecular complexity index is 485. The summed E-state index contributed by atoms with van der Waals surface area (Å²) >= 11 is 0. The van der Waals surface area contributed by atoms with Crippen molar-refractivity contribution in [1.82, 2.24) is 10.6 Å². The summed E-state index contributed by atoms with van der Waals surface area (Å²) in [7, 11) is 0. The molecule has 0 aromatic rings. The Morgan fingerprint density at radius 2 is 1.70 bits per heavy atom. The molecule has 0 aromatic heterocycles. The number of carbonyl (C=O) groups excluding carboxylic acids is 2. The van der Waals surface area contributed by atoms with Crippen molar-refractivity contribution in [1.29, 1.82) is 0 Å². The van der Waals surface area contributed by atoms with Gasteiger partial charge >= 0.3 is 0 Å². The molecule has 6 nitrogen and oxygen atoms in total. The van der Waals surface area contributed by atoms with Crippen molar-refractivity contribution in [3.05, 3.63) is 23.7 Å². The predicted octanol–water partition coefficient (Wildman–Crippen LogP) is 1.78. The molecule has 0 aromatic carbocycles. The van der Waals surface area contributed by atoms with Crippen LogP contribution in [0.5, 0.6) is 0 Å². The van der Waals surface area contributed by atoms with E-state index in [9.17, 15) is 9.59 Å². The summed E-state index contributed by atoms with van der Waals surface area (Å²) in [5, 5.41) is 5.89. The number of amides is 2. The van der Waals surface area contributed by atoms with E-state index in [-0.39, 0.29) is 17.9 Å². The van der Waals surface area contributed by atoms with Crippen LogP contribution in [-0.2, 0) is 19.1 Å². The molecule has 2 amide bonds. The molecular formula is C17H26N2O4. The lowest BCUT2D eigenvalue weighted by molar-refractivity contribution is -0.120. The van der Waals surface area contributed by atoms with Crippen molar-refractivity contribution in [2.24, 2.45) is 0 Å². The average Bonchev–Trinajstić information content (AvgIpc) is 2.61. The van der Waals surface area contributed by atoms with Crippen LogP contribution >= 0.6 is 0 Å². The van der Waals surface area contributed by atoms with Gasteiger partial charge in [0.1, 0.15) is 0 Å². The normalized spacial score (nSPS) is 18.7. The molecule has 23 heavy (non-hydrogen) atoms. The van der Waals surface area contributed by atoms with Crippen LogP contribution in [0, 0.1) is 0 Å². The number of carbonyl (C=O) groups is 2. The lowest BCUT2D eigenvalue weighted by Gasteiger charge is -2.21. The van der Waals surface area contributed by atoms with E-state index >= 15 is 0 Å². The molecule has 0 spiro atoms. The molecule has 0 fully saturated rings. The summed E-state index contributed by atoms with van der Waals surface area (Å²) in [6.45, 7) is 3.82. The molecule has 0 radical (unpaired) electrons. The Labute approximate surface area is 137 Å². The number of rotatable bonds is 7. The van der Waals surface area contributed by atoms with E-state index < -0.39 is 0 Å². The number of hydrogen-bond acceptors (Lipinski definition) is 4. The first-order valence-corrected chi connectivity index (χ1v) is 8.41. The molecule has 0 aliphatic carbocycles. The fraction of sp³-hybridized carbons (Fsp3) is 0.647. The second-order valence-electron chi connectivity index (χ2n) is 5.90. The van der Waals surface area contributed by atoms with Gasteiger partial charge in [-0.05, 0) is 32.1 Å². The van der Waals surface area contributed by atoms with Crippen LogP contribution in [0.1, 0.15) is 45.4 Å². The molecule has 2 aliphatic rings. The Kier molecular flexibility index (Phi) is 6.97. The van der Waals surface area contributed by atoms with E-state index in [1.165, 1.54) is 6.26 Å². The first-order valence-electron chi connectivity index (χ1n) is 8.41. The molecule has 0 saturated carbocycles. The van der Waals surface area contributed by atoms with Gasteiger partial charge in [0.05, 0.1) is 36.9 Å². The van der Waals surface area contributed by atoms with Gasteiger partial charge in [-0.15, -0.1) is 0 Å². The molecule has 1 unspecified atom stereocenters. The Balaban J connectivity index is 1.83. The summed E-state index contributed by atoms with van der Waals surface area (Å²) in [4.78, 5) is 24.3. The van der Waals surface area contributed by atoms with Crippen LogP contribution in [0.4, 0.5) is 0 Å². The van der Waals surface area contributed by atoms with Crippen molar-refractivity contribution in [3.63, 3.8) is 0 Å². The highest BCUT2D eigenvalue weighted by molar-refractivity contribution is 5.94. The van der Waals surface area contributed by atoms with Gasteiger partial charge in [-0.2, -0.15) is 0 Å². The monoisotopic (exact) mass is 322 g/mol. The largest absolute Gasteiger partial charge is 0.501 e. The maximum Gasteiger partial charge on any atom is 0.250 e. The minimum absolute atomic E-state index is 0.0793. The predicted molar refractivity (Wildman–Crippen MR) is 86.4 cm³/mol. The van der Waals surface area contributed by atoms with E-state index in [2.05, 4.69) is 17.6 Å². The van der Waals surface area contributed by atoms with Crippen LogP contribution in [0.15, 0.2) is 23.7 Å². The number of hydrogen-bond donors (Lipinski definition) is 2. The summed E-state index contributed by atoms with van der Waals surface area (Å²) in [5.74, 6) is -0.210. The molecule has 2 rings (SSSR count). The third kappa shape index (κ3) is 5.62. The lowest BCUT2D eigenvalue weighted by atomic mass is 10.1. The first-order chi connectivity index (χ1) is 11.2. The van der Waals surface area contributed by atoms with Gasteiger partial charge in [-0.25, -0.2) is 0 Å². The van der Waals surface area contributed by atoms with E-state index in [4.69, 9.17) is 9.47 Å². The SMILES string of the molecule is CCCC(CNC(=O)C1=COCCC1)NC(=O)C1=COCCC1. The van der Waals surface area contributed by atoms with Crippen molar-refractivity contribution in [3.8, 4) is 0 Å². The Hall–Kier alpha value is -1.98. The van der Waals surface area contributed by atoms with E-state index in [1.54, 1.807) is 6.26 Å². The van der Waals surface area contributed by atoms with Crippen LogP contribution in [0.2, 0.25) is 0 Å². The third-order valence-corrected chi connectivity index (χ3v) is 3.93. The van der Waals surface area contributed by atoms with Gasteiger partial charge in [0.15, 0.2) is 0 Å². The molecule has 2 aliphatic heterocycles. The second-order valence-corrected chi connectivity index (χ2v) is 5.90. The molecular weight excluding hydrogens is 296 g/mol. The molecule has 2 heterocycles. The fourth-order valence-electron chi connectivity index (χ4n) is 2.64. The van der Waals surface area contributed by atoms with Gasteiger partial charge in [0, 0.05) is 12.6 Å². The number of ether oxygens (including phenoxy) is 2. The Morgan fingerprint density at radius 1 is 1.09 bits per heavy atom. The molecule has 0 bridgehead atoms. The quantitative estimate of drug-likeness (QED) is 0.749. The highest BCUT2D eigenvalue weighted by atomic mass is 16.5. The van der Waals surface area contributed by atoms with Crippen molar-refractivity contribution >= 4 is 11.8 Å². The second kappa shape index (κ2) is 9.22. The van der Waals surface area contributed by atoms with E-state index in [0.29, 0.717) is 30.9 Å². The summed E-state index contributed by atoms with van der Waals surface area (Å²) < 4.78 is 10.4. The van der Waals surface area contributed by atoms with Crippen molar-refractivity contribution < 1.29 is 19.1 Å². The summed E-state index contributed by atoms with van der Waals surface area (Å²) in [6, 6.07) is -0.0793. The minimum Gasteiger partial charge on any atom is -0.501 e. The summed E-state index contributed by atoms with van der Waals surface area (Å²) in [5.41, 5.74) is 1.34. The van der Waals surface area contributed by atoms with Crippen LogP contribution in [0.25, 0.3) is 0 Å². The van der Waals surface area contributed by atoms with Crippen LogP contribution in [-0.4, -0.2) is 37.6 Å². The van der Waals surface area contributed by atoms with Gasteiger partial charge in [0.2, 0.25) is 5.91 Å². The molecule has 128 valence electrons. The molecule has 1 atom stereocenters. The molecule has 6 heteroatoms. The zero-order valence-electron chi connectivity index (χ0n) is 13.7. The van der Waals surface area contributed by atoms with E-state index in [0.717, 1.165) is 38.5 Å². The van der Waals surface area contributed by atoms with Crippen LogP contribution in [0.3, 0.4) is 0 Å². The van der Waals surface area contributed by atoms with Gasteiger partial charge in [-0.1, -0.05) is 13.3 Å². The zero-order chi connectivity index (χ0) is 16.5. The third-order valence-electron chi connectivity index (χ3n) is 3.93. The van der Waals surface area contributed by atoms with E-state index in [1.807, 2.05) is 0 Å². The van der Waals surface area contributed by atoms with Gasteiger partial charge < -0.3 is 20.1 Å². The topological polar surface area (TPSA) is 76.7 Å². The minimum atomic E-state index is -0.111. The van der Waals surface area contributed by atoms with Crippen molar-refractivity contribution in [2.45, 2.75) is 51.5 Å². The Morgan fingerprint density at radius 3 is 2.22 bits per heavy atom. The van der Waals surface area contributed by atoms with Gasteiger partial charge in [0.25, 0.3) is 5.91 Å². The average molecular weight is 322 g/mol. The highest BCUT2D eigenvalue weighted by Gasteiger charge is 2.19. The van der Waals surface area contributed by atoms with Crippen molar-refractivity contribution in [2.75, 3.05) is 19.8 Å². The molecule has 2 N–H and O–H groups in total. The fourth-order valence-corrected chi connectivity index (χ4v) is 2.64. The highest BCUT2D eigenvalue weighted by Crippen LogP contribution is 2.13. The van der Waals surface area contributed by atoms with Crippen LogP contribution < -0.4 is 10.6 Å². The standard InChI is InChI=1S/C17H26N2O4/c1-2-5-15(19-17(21)14-7-4-9-23-12-14)10-18-16(20)13-6-3-8-22-11-13/h11-12,15H,2-10H2,1H3,(H,18,20)(H,19,21). The zero-order valence-corrected chi connectivity index (χ0v) is 13.7. The first kappa shape index (κ1) is 17.4. The smallest absolute Gasteiger partial charge is 0.250 e. The lowest BCUT2D eigenvalue weighted by Crippen LogP contribution is -2.44. The van der Waals surface area contributed by atoms with Gasteiger partial charge in [-0.3, -0.25) is 9.59 Å². The summed E-state index contributed by atoms with van der Waals surface area (Å²) in [6.07, 6.45) is 8.03. The molecule has 0 saturated heterocycles. The maximum atomic E-state index is 12.2. The maximum absolute atomic E-state index is 12.2.